The van der Waals surface area contributed by atoms with Crippen molar-refractivity contribution in [1.82, 2.24) is 4.98 Å². The summed E-state index contributed by atoms with van der Waals surface area (Å²) in [5.74, 6) is 0.687. The molecule has 0 aliphatic rings. The number of nitriles is 1. The number of sulfone groups is 1. The van der Waals surface area contributed by atoms with E-state index in [1.165, 1.54) is 31.0 Å². The molecule has 3 rings (SSSR count). The molecule has 1 aromatic heterocycles. The minimum absolute atomic E-state index is 0.0857. The lowest BCUT2D eigenvalue weighted by atomic mass is 9.99. The van der Waals surface area contributed by atoms with Crippen molar-refractivity contribution in [2.45, 2.75) is 50.5 Å². The van der Waals surface area contributed by atoms with Crippen molar-refractivity contribution in [3.8, 4) is 28.5 Å². The van der Waals surface area contributed by atoms with E-state index in [1.807, 2.05) is 60.7 Å². The summed E-state index contributed by atoms with van der Waals surface area (Å²) in [6.45, 7) is 2.17. The predicted octanol–water partition coefficient (Wildman–Crippen LogP) is 7.92. The van der Waals surface area contributed by atoms with Crippen LogP contribution in [0.5, 0.6) is 0 Å². The fourth-order valence-electron chi connectivity index (χ4n) is 3.82. The average Bonchev–Trinajstić information content (AvgIpc) is 2.86. The van der Waals surface area contributed by atoms with E-state index in [-0.39, 0.29) is 11.5 Å². The molecule has 0 bridgehead atoms. The lowest BCUT2D eigenvalue weighted by Crippen LogP contribution is -2.13. The summed E-state index contributed by atoms with van der Waals surface area (Å²) >= 11 is 4.82. The molecule has 2 aromatic carbocycles. The Labute approximate surface area is 222 Å². The third kappa shape index (κ3) is 8.49. The maximum absolute atomic E-state index is 12.6. The number of benzene rings is 2. The summed E-state index contributed by atoms with van der Waals surface area (Å²) in [5.41, 5.74) is 3.91. The molecule has 4 nitrogen and oxygen atoms in total. The maximum atomic E-state index is 12.6. The van der Waals surface area contributed by atoms with Crippen molar-refractivity contribution in [2.75, 3.05) is 17.3 Å². The lowest BCUT2D eigenvalue weighted by molar-refractivity contribution is 0.585. The number of halogens is 1. The maximum Gasteiger partial charge on any atom is 0.151 e. The van der Waals surface area contributed by atoms with E-state index in [1.54, 1.807) is 0 Å². The minimum atomic E-state index is -3.13. The lowest BCUT2D eigenvalue weighted by Gasteiger charge is -2.13. The number of thioether (sulfide) groups is 1. The van der Waals surface area contributed by atoms with Crippen LogP contribution in [0.4, 0.5) is 0 Å². The normalized spacial score (nSPS) is 11.3. The van der Waals surface area contributed by atoms with E-state index in [9.17, 15) is 13.7 Å². The molecule has 0 amide bonds. The quantitative estimate of drug-likeness (QED) is 0.154. The molecule has 3 aromatic rings. The van der Waals surface area contributed by atoms with Gasteiger partial charge in [-0.25, -0.2) is 13.4 Å². The van der Waals surface area contributed by atoms with Gasteiger partial charge in [0.25, 0.3) is 0 Å². The van der Waals surface area contributed by atoms with E-state index in [0.717, 1.165) is 46.1 Å². The summed E-state index contributed by atoms with van der Waals surface area (Å²) in [4.78, 5) is 4.78. The number of aromatic nitrogens is 1. The van der Waals surface area contributed by atoms with Crippen LogP contribution in [-0.2, 0) is 9.84 Å². The van der Waals surface area contributed by atoms with E-state index >= 15 is 0 Å². The summed E-state index contributed by atoms with van der Waals surface area (Å²) in [7, 11) is -3.13. The number of hydrogen-bond acceptors (Lipinski definition) is 5. The third-order valence-corrected chi connectivity index (χ3v) is 9.27. The molecule has 35 heavy (non-hydrogen) atoms. The van der Waals surface area contributed by atoms with Crippen molar-refractivity contribution in [1.29, 1.82) is 5.26 Å². The Hall–Kier alpha value is -2.14. The number of rotatable bonds is 13. The zero-order valence-corrected chi connectivity index (χ0v) is 23.3. The molecule has 0 saturated carbocycles. The van der Waals surface area contributed by atoms with Crippen LogP contribution in [0.1, 0.15) is 51.0 Å². The highest BCUT2D eigenvalue weighted by Crippen LogP contribution is 2.34. The third-order valence-electron chi connectivity index (χ3n) is 5.76. The monoisotopic (exact) mass is 570 g/mol. The molecule has 0 saturated heterocycles. The molecule has 184 valence electrons. The second-order valence-corrected chi connectivity index (χ2v) is 12.8. The Bertz CT molecular complexity index is 1240. The van der Waals surface area contributed by atoms with Crippen molar-refractivity contribution >= 4 is 37.5 Å². The molecule has 0 aliphatic heterocycles. The highest BCUT2D eigenvalue weighted by Gasteiger charge is 2.17. The summed E-state index contributed by atoms with van der Waals surface area (Å²) in [6.07, 6.45) is 6.34. The number of hydrogen-bond donors (Lipinski definition) is 0. The summed E-state index contributed by atoms with van der Waals surface area (Å²) in [6, 6.07) is 21.9. The first-order chi connectivity index (χ1) is 16.9. The zero-order chi connectivity index (χ0) is 25.1. The van der Waals surface area contributed by atoms with Gasteiger partial charge in [0.15, 0.2) is 9.84 Å². The van der Waals surface area contributed by atoms with Gasteiger partial charge in [0.2, 0.25) is 0 Å². The fourth-order valence-corrected chi connectivity index (χ4v) is 6.94. The van der Waals surface area contributed by atoms with Gasteiger partial charge in [-0.1, -0.05) is 97.4 Å². The molecular weight excluding hydrogens is 540 g/mol. The standard InChI is InChI=1S/C28H31BrN2O2S2/c1-2-3-4-5-6-10-18-35(32,33)19-17-34-28-26(21-30)25(22-11-8-7-9-12-22)20-27(31-28)23-13-15-24(29)16-14-23/h7-9,11-16,20H,2-6,10,17-19H2,1H3. The van der Waals surface area contributed by atoms with Crippen molar-refractivity contribution in [3.05, 3.63) is 70.7 Å². The van der Waals surface area contributed by atoms with E-state index in [4.69, 9.17) is 4.98 Å². The molecule has 0 spiro atoms. The van der Waals surface area contributed by atoms with Gasteiger partial charge in [-0.05, 0) is 30.2 Å². The molecular formula is C28H31BrN2O2S2. The van der Waals surface area contributed by atoms with Crippen molar-refractivity contribution in [2.24, 2.45) is 0 Å². The van der Waals surface area contributed by atoms with Crippen LogP contribution in [0.25, 0.3) is 22.4 Å². The molecule has 1 heterocycles. The second kappa shape index (κ2) is 13.8. The first kappa shape index (κ1) is 27.4. The van der Waals surface area contributed by atoms with Gasteiger partial charge in [0, 0.05) is 21.4 Å². The zero-order valence-electron chi connectivity index (χ0n) is 20.0. The van der Waals surface area contributed by atoms with Gasteiger partial charge >= 0.3 is 0 Å². The van der Waals surface area contributed by atoms with Gasteiger partial charge in [0.05, 0.1) is 22.8 Å². The molecule has 0 fully saturated rings. The largest absolute Gasteiger partial charge is 0.240 e. The van der Waals surface area contributed by atoms with Crippen LogP contribution in [0.3, 0.4) is 0 Å². The average molecular weight is 572 g/mol. The van der Waals surface area contributed by atoms with Crippen molar-refractivity contribution in [3.63, 3.8) is 0 Å². The first-order valence-electron chi connectivity index (χ1n) is 12.0. The molecule has 0 aliphatic carbocycles. The van der Waals surface area contributed by atoms with Gasteiger partial charge in [-0.3, -0.25) is 0 Å². The number of pyridine rings is 1. The van der Waals surface area contributed by atoms with Gasteiger partial charge in [-0.15, -0.1) is 11.8 Å². The summed E-state index contributed by atoms with van der Waals surface area (Å²) in [5, 5.41) is 10.6. The molecule has 7 heteroatoms. The fraction of sp³-hybridized carbons (Fsp3) is 0.357. The topological polar surface area (TPSA) is 70.8 Å². The van der Waals surface area contributed by atoms with Crippen LogP contribution in [-0.4, -0.2) is 30.7 Å². The highest BCUT2D eigenvalue weighted by molar-refractivity contribution is 9.10. The Balaban J connectivity index is 1.78. The highest BCUT2D eigenvalue weighted by atomic mass is 79.9. The van der Waals surface area contributed by atoms with E-state index < -0.39 is 9.84 Å². The van der Waals surface area contributed by atoms with Crippen LogP contribution in [0.2, 0.25) is 0 Å². The first-order valence-corrected chi connectivity index (χ1v) is 15.6. The van der Waals surface area contributed by atoms with Gasteiger partial charge in [0.1, 0.15) is 11.1 Å². The second-order valence-electron chi connectivity index (χ2n) is 8.49. The molecule has 0 N–H and O–H groups in total. The van der Waals surface area contributed by atoms with Gasteiger partial charge in [-0.2, -0.15) is 5.26 Å². The minimum Gasteiger partial charge on any atom is -0.240 e. The van der Waals surface area contributed by atoms with Gasteiger partial charge < -0.3 is 0 Å². The molecule has 0 atom stereocenters. The smallest absolute Gasteiger partial charge is 0.151 e. The Morgan fingerprint density at radius 2 is 1.60 bits per heavy atom. The number of nitrogens with zero attached hydrogens (tertiary/aromatic N) is 2. The van der Waals surface area contributed by atoms with E-state index in [2.05, 4.69) is 28.9 Å². The van der Waals surface area contributed by atoms with Crippen LogP contribution < -0.4 is 0 Å². The Morgan fingerprint density at radius 1 is 0.914 bits per heavy atom. The van der Waals surface area contributed by atoms with Crippen LogP contribution in [0, 0.1) is 11.3 Å². The van der Waals surface area contributed by atoms with Crippen molar-refractivity contribution < 1.29 is 8.42 Å². The Morgan fingerprint density at radius 3 is 2.29 bits per heavy atom. The van der Waals surface area contributed by atoms with E-state index in [0.29, 0.717) is 16.3 Å². The van der Waals surface area contributed by atoms with Crippen LogP contribution in [0.15, 0.2) is 70.2 Å². The summed E-state index contributed by atoms with van der Waals surface area (Å²) < 4.78 is 26.1. The molecule has 0 radical (unpaired) electrons. The molecule has 0 unspecified atom stereocenters. The van der Waals surface area contributed by atoms with Crippen LogP contribution >= 0.6 is 27.7 Å². The predicted molar refractivity (Wildman–Crippen MR) is 150 cm³/mol. The SMILES string of the molecule is CCCCCCCCS(=O)(=O)CCSc1nc(-c2ccc(Br)cc2)cc(-c2ccccc2)c1C#N. The Kier molecular flexibility index (Phi) is 10.8. The number of unbranched alkanes of at least 4 members (excludes halogenated alkanes) is 5.